The molecule has 0 aliphatic heterocycles. The van der Waals surface area contributed by atoms with Crippen molar-refractivity contribution in [3.05, 3.63) is 65.7 Å². The minimum atomic E-state index is 0.548. The lowest BCUT2D eigenvalue weighted by Gasteiger charge is -2.02. The Kier molecular flexibility index (Phi) is 3.17. The van der Waals surface area contributed by atoms with E-state index >= 15 is 0 Å². The molecule has 0 fully saturated rings. The quantitative estimate of drug-likeness (QED) is 0.639. The molecular formula is C17H12ClNO. The molecule has 1 heterocycles. The Morgan fingerprint density at radius 2 is 1.85 bits per heavy atom. The molecule has 98 valence electrons. The van der Waals surface area contributed by atoms with Gasteiger partial charge in [0.25, 0.3) is 0 Å². The second-order valence-electron chi connectivity index (χ2n) is 4.33. The van der Waals surface area contributed by atoms with E-state index in [2.05, 4.69) is 18.1 Å². The first-order chi connectivity index (χ1) is 9.74. The van der Waals surface area contributed by atoms with Gasteiger partial charge in [-0.2, -0.15) is 0 Å². The number of benzene rings is 2. The summed E-state index contributed by atoms with van der Waals surface area (Å²) >= 11 is 6.27. The van der Waals surface area contributed by atoms with Crippen LogP contribution >= 0.6 is 11.6 Å². The molecule has 0 N–H and O–H groups in total. The molecule has 3 aromatic rings. The van der Waals surface area contributed by atoms with Crippen LogP contribution in [0.25, 0.3) is 34.7 Å². The average molecular weight is 282 g/mol. The summed E-state index contributed by atoms with van der Waals surface area (Å²) < 4.78 is 5.88. The Morgan fingerprint density at radius 1 is 1.10 bits per heavy atom. The summed E-state index contributed by atoms with van der Waals surface area (Å²) in [7, 11) is 0. The van der Waals surface area contributed by atoms with Gasteiger partial charge in [0.1, 0.15) is 5.52 Å². The van der Waals surface area contributed by atoms with Crippen LogP contribution in [0.4, 0.5) is 0 Å². The van der Waals surface area contributed by atoms with Crippen LogP contribution in [-0.2, 0) is 0 Å². The van der Waals surface area contributed by atoms with Crippen LogP contribution in [0.3, 0.4) is 0 Å². The topological polar surface area (TPSA) is 26.0 Å². The zero-order valence-electron chi connectivity index (χ0n) is 10.8. The van der Waals surface area contributed by atoms with Crippen LogP contribution in [-0.4, -0.2) is 4.98 Å². The van der Waals surface area contributed by atoms with Crippen LogP contribution in [0.15, 0.2) is 54.0 Å². The third kappa shape index (κ3) is 1.95. The van der Waals surface area contributed by atoms with Crippen molar-refractivity contribution in [3.63, 3.8) is 0 Å². The molecule has 3 rings (SSSR count). The summed E-state index contributed by atoms with van der Waals surface area (Å²) in [5.41, 5.74) is 3.93. The maximum absolute atomic E-state index is 6.27. The van der Waals surface area contributed by atoms with E-state index in [-0.39, 0.29) is 0 Å². The Morgan fingerprint density at radius 3 is 2.50 bits per heavy atom. The van der Waals surface area contributed by atoms with Crippen molar-refractivity contribution >= 4 is 34.9 Å². The van der Waals surface area contributed by atoms with E-state index in [1.165, 1.54) is 0 Å². The fourth-order valence-corrected chi connectivity index (χ4v) is 2.41. The molecule has 2 aromatic carbocycles. The number of aromatic nitrogens is 1. The highest BCUT2D eigenvalue weighted by Crippen LogP contribution is 2.34. The second kappa shape index (κ2) is 4.99. The molecule has 0 saturated heterocycles. The predicted octanol–water partition coefficient (Wildman–Crippen LogP) is 5.43. The zero-order chi connectivity index (χ0) is 14.1. The molecule has 20 heavy (non-hydrogen) atoms. The van der Waals surface area contributed by atoms with Crippen molar-refractivity contribution in [1.29, 1.82) is 0 Å². The zero-order valence-corrected chi connectivity index (χ0v) is 11.5. The summed E-state index contributed by atoms with van der Waals surface area (Å²) in [6.07, 6.45) is 3.46. The lowest BCUT2D eigenvalue weighted by Crippen LogP contribution is -1.83. The summed E-state index contributed by atoms with van der Waals surface area (Å²) in [4.78, 5) is 4.49. The highest BCUT2D eigenvalue weighted by Gasteiger charge is 2.15. The summed E-state index contributed by atoms with van der Waals surface area (Å²) in [6.45, 7) is 7.61. The lowest BCUT2D eigenvalue weighted by atomic mass is 10.1. The summed E-state index contributed by atoms with van der Waals surface area (Å²) in [5, 5.41) is 0.548. The molecule has 3 heteroatoms. The van der Waals surface area contributed by atoms with Gasteiger partial charge in [-0.15, -0.1) is 0 Å². The lowest BCUT2D eigenvalue weighted by molar-refractivity contribution is 0.619. The fraction of sp³-hybridized carbons (Fsp3) is 0. The largest absolute Gasteiger partial charge is 0.435 e. The Labute approximate surface area is 122 Å². The number of hydrogen-bond acceptors (Lipinski definition) is 2. The highest BCUT2D eigenvalue weighted by molar-refractivity contribution is 6.35. The molecule has 0 radical (unpaired) electrons. The van der Waals surface area contributed by atoms with E-state index < -0.39 is 0 Å². The van der Waals surface area contributed by atoms with Gasteiger partial charge in [0.2, 0.25) is 5.89 Å². The van der Waals surface area contributed by atoms with Gasteiger partial charge in [0.15, 0.2) is 5.58 Å². The fourth-order valence-electron chi connectivity index (χ4n) is 2.16. The maximum Gasteiger partial charge on any atom is 0.227 e. The van der Waals surface area contributed by atoms with Crippen molar-refractivity contribution in [2.75, 3.05) is 0 Å². The molecular weight excluding hydrogens is 270 g/mol. The number of nitrogens with zero attached hydrogens (tertiary/aromatic N) is 1. The van der Waals surface area contributed by atoms with Gasteiger partial charge < -0.3 is 4.42 Å². The molecule has 0 aliphatic rings. The summed E-state index contributed by atoms with van der Waals surface area (Å²) in [6, 6.07) is 11.5. The Balaban J connectivity index is 2.33. The average Bonchev–Trinajstić information content (AvgIpc) is 2.93. The van der Waals surface area contributed by atoms with E-state index in [1.54, 1.807) is 12.2 Å². The second-order valence-corrected chi connectivity index (χ2v) is 4.74. The number of oxazole rings is 1. The van der Waals surface area contributed by atoms with Crippen LogP contribution in [0.1, 0.15) is 11.1 Å². The van der Waals surface area contributed by atoms with E-state index in [0.717, 1.165) is 16.7 Å². The third-order valence-corrected chi connectivity index (χ3v) is 3.42. The van der Waals surface area contributed by atoms with E-state index in [1.807, 2.05) is 36.4 Å². The number of rotatable bonds is 3. The summed E-state index contributed by atoms with van der Waals surface area (Å²) in [5.74, 6) is 0.548. The minimum Gasteiger partial charge on any atom is -0.435 e. The van der Waals surface area contributed by atoms with Crippen molar-refractivity contribution in [2.45, 2.75) is 0 Å². The first-order valence-corrected chi connectivity index (χ1v) is 6.55. The van der Waals surface area contributed by atoms with Crippen LogP contribution in [0, 0.1) is 0 Å². The Bertz CT molecular complexity index is 803. The molecule has 2 nitrogen and oxygen atoms in total. The predicted molar refractivity (Wildman–Crippen MR) is 84.6 cm³/mol. The first kappa shape index (κ1) is 12.7. The smallest absolute Gasteiger partial charge is 0.227 e. The van der Waals surface area contributed by atoms with Crippen LogP contribution in [0.2, 0.25) is 5.02 Å². The third-order valence-electron chi connectivity index (χ3n) is 3.14. The maximum atomic E-state index is 6.27. The Hall–Kier alpha value is -2.32. The SMILES string of the molecule is C=Cc1cc(Cl)c2nc(-c3ccccc3)oc2c1C=C. The minimum absolute atomic E-state index is 0.548. The van der Waals surface area contributed by atoms with Crippen LogP contribution < -0.4 is 0 Å². The molecule has 0 bridgehead atoms. The molecule has 0 amide bonds. The van der Waals surface area contributed by atoms with Gasteiger partial charge in [0.05, 0.1) is 5.02 Å². The van der Waals surface area contributed by atoms with Gasteiger partial charge in [-0.1, -0.05) is 55.1 Å². The van der Waals surface area contributed by atoms with Gasteiger partial charge in [-0.25, -0.2) is 4.98 Å². The van der Waals surface area contributed by atoms with Gasteiger partial charge in [-0.3, -0.25) is 0 Å². The van der Waals surface area contributed by atoms with Crippen molar-refractivity contribution in [1.82, 2.24) is 4.98 Å². The van der Waals surface area contributed by atoms with Crippen molar-refractivity contribution < 1.29 is 4.42 Å². The number of halogens is 1. The monoisotopic (exact) mass is 281 g/mol. The van der Waals surface area contributed by atoms with Crippen molar-refractivity contribution in [3.8, 4) is 11.5 Å². The molecule has 0 spiro atoms. The number of hydrogen-bond donors (Lipinski definition) is 0. The van der Waals surface area contributed by atoms with E-state index in [0.29, 0.717) is 22.0 Å². The van der Waals surface area contributed by atoms with Gasteiger partial charge in [-0.05, 0) is 23.8 Å². The standard InChI is InChI=1S/C17H12ClNO/c1-3-11-10-14(18)15-16(13(11)4-2)20-17(19-15)12-8-6-5-7-9-12/h3-10H,1-2H2. The molecule has 0 atom stereocenters. The normalized spacial score (nSPS) is 10.7. The molecule has 0 saturated carbocycles. The van der Waals surface area contributed by atoms with Crippen molar-refractivity contribution in [2.24, 2.45) is 0 Å². The van der Waals surface area contributed by atoms with E-state index in [9.17, 15) is 0 Å². The first-order valence-electron chi connectivity index (χ1n) is 6.18. The highest BCUT2D eigenvalue weighted by atomic mass is 35.5. The van der Waals surface area contributed by atoms with E-state index in [4.69, 9.17) is 16.0 Å². The number of fused-ring (bicyclic) bond motifs is 1. The van der Waals surface area contributed by atoms with Gasteiger partial charge >= 0.3 is 0 Å². The van der Waals surface area contributed by atoms with Gasteiger partial charge in [0, 0.05) is 11.1 Å². The molecule has 0 unspecified atom stereocenters. The molecule has 1 aromatic heterocycles. The molecule has 0 aliphatic carbocycles. The van der Waals surface area contributed by atoms with Crippen LogP contribution in [0.5, 0.6) is 0 Å².